The molecule has 111 heavy (non-hydrogen) atoms. The SMILES string of the molecule is COC(=O)Cn1c(-c2ccc(O)cc2F)c(C2CCCCC2)c2ccc(C(=O)OC)cc21.COC(=O)Cn1c(-c2ccc(OCc3cc(N4CCCC4=O)ccc3N3CCN(S(C)(=O)=O)CC3)cc2F)c(C2CCCCC2)c2ccc(C(=O)OC)cc21.CS(=O)(=O)N1CCN(c2ccc(N3CCCC3=O)cc2CO)CC1. The molecule has 0 radical (unpaired) electrons. The predicted octanol–water partition coefficient (Wildman–Crippen LogP) is 11.8. The summed E-state index contributed by atoms with van der Waals surface area (Å²) < 4.78 is 112. The number of halogens is 2. The second-order valence-corrected chi connectivity index (χ2v) is 32.9. The number of aliphatic hydroxyl groups excluding tert-OH is 1. The van der Waals surface area contributed by atoms with Gasteiger partial charge in [-0.3, -0.25) is 19.2 Å². The molecule has 0 unspecified atom stereocenters. The van der Waals surface area contributed by atoms with Crippen LogP contribution in [0.3, 0.4) is 0 Å². The minimum absolute atomic E-state index is 0.0535. The quantitative estimate of drug-likeness (QED) is 0.0529. The molecule has 592 valence electrons. The number of aliphatic hydroxyl groups is 1. The summed E-state index contributed by atoms with van der Waals surface area (Å²) in [6.45, 7) is 4.68. The van der Waals surface area contributed by atoms with E-state index in [0.29, 0.717) is 122 Å². The molecule has 4 aliphatic heterocycles. The molecule has 0 spiro atoms. The van der Waals surface area contributed by atoms with Gasteiger partial charge in [-0.1, -0.05) is 50.7 Å². The summed E-state index contributed by atoms with van der Waals surface area (Å²) in [5.41, 5.74) is 10.4. The number of sulfonamides is 2. The Kier molecular flexibility index (Phi) is 25.5. The van der Waals surface area contributed by atoms with E-state index in [9.17, 15) is 55.8 Å². The van der Waals surface area contributed by atoms with Crippen LogP contribution in [0, 0.1) is 11.6 Å². The lowest BCUT2D eigenvalue weighted by Gasteiger charge is -2.36. The lowest BCUT2D eigenvalue weighted by atomic mass is 9.81. The highest BCUT2D eigenvalue weighted by molar-refractivity contribution is 7.88. The number of benzene rings is 6. The van der Waals surface area contributed by atoms with Crippen LogP contribution in [0.15, 0.2) is 109 Å². The molecule has 6 aliphatic rings. The van der Waals surface area contributed by atoms with E-state index in [1.165, 1.54) is 67.8 Å². The maximum Gasteiger partial charge on any atom is 0.337 e. The molecule has 6 heterocycles. The molecule has 0 bridgehead atoms. The summed E-state index contributed by atoms with van der Waals surface area (Å²) in [6, 6.07) is 30.7. The first-order valence-electron chi connectivity index (χ1n) is 37.7. The number of hydrogen-bond acceptors (Lipinski definition) is 19. The van der Waals surface area contributed by atoms with Crippen LogP contribution in [0.25, 0.3) is 44.3 Å². The second kappa shape index (κ2) is 35.2. The zero-order valence-corrected chi connectivity index (χ0v) is 65.1. The van der Waals surface area contributed by atoms with Crippen molar-refractivity contribution in [3.05, 3.63) is 154 Å². The summed E-state index contributed by atoms with van der Waals surface area (Å²) in [6.07, 6.45) is 15.4. The van der Waals surface area contributed by atoms with Crippen molar-refractivity contribution >= 4 is 100 Å². The molecular formula is C82H96F2N8O17S2. The molecule has 8 aromatic rings. The number of esters is 4. The molecule has 2 aliphatic carbocycles. The van der Waals surface area contributed by atoms with Crippen molar-refractivity contribution in [2.75, 3.05) is 126 Å². The number of amides is 2. The van der Waals surface area contributed by atoms with Gasteiger partial charge in [0.25, 0.3) is 0 Å². The first-order valence-corrected chi connectivity index (χ1v) is 41.4. The number of phenolic OH excluding ortho intramolecular Hbond substituents is 1. The van der Waals surface area contributed by atoms with E-state index in [0.717, 1.165) is 145 Å². The number of methoxy groups -OCH3 is 4. The van der Waals surface area contributed by atoms with E-state index in [1.54, 1.807) is 55.3 Å². The van der Waals surface area contributed by atoms with Crippen LogP contribution in [-0.4, -0.2) is 187 Å². The second-order valence-electron chi connectivity index (χ2n) is 28.9. The fraction of sp³-hybridized carbons (Fsp3) is 0.439. The van der Waals surface area contributed by atoms with Crippen LogP contribution in [0.2, 0.25) is 0 Å². The molecule has 6 aromatic carbocycles. The maximum absolute atomic E-state index is 16.6. The van der Waals surface area contributed by atoms with Crippen molar-refractivity contribution in [2.45, 2.75) is 128 Å². The lowest BCUT2D eigenvalue weighted by Crippen LogP contribution is -2.48. The van der Waals surface area contributed by atoms with Gasteiger partial charge in [0.1, 0.15) is 42.8 Å². The Labute approximate surface area is 645 Å². The first-order chi connectivity index (χ1) is 53.3. The summed E-state index contributed by atoms with van der Waals surface area (Å²) >= 11 is 0. The fourth-order valence-electron chi connectivity index (χ4n) is 16.5. The fourth-order valence-corrected chi connectivity index (χ4v) is 18.1. The normalized spacial score (nSPS) is 17.0. The Morgan fingerprint density at radius 1 is 0.477 bits per heavy atom. The lowest BCUT2D eigenvalue weighted by molar-refractivity contribution is -0.142. The molecule has 25 nitrogen and oxygen atoms in total. The van der Waals surface area contributed by atoms with Crippen LogP contribution in [-0.2, 0) is 84.5 Å². The van der Waals surface area contributed by atoms with Gasteiger partial charge >= 0.3 is 23.9 Å². The van der Waals surface area contributed by atoms with E-state index in [-0.39, 0.29) is 55.7 Å². The van der Waals surface area contributed by atoms with Crippen LogP contribution in [0.4, 0.5) is 31.5 Å². The zero-order valence-electron chi connectivity index (χ0n) is 63.5. The van der Waals surface area contributed by atoms with E-state index in [2.05, 4.69) is 9.80 Å². The summed E-state index contributed by atoms with van der Waals surface area (Å²) in [7, 11) is -1.24. The van der Waals surface area contributed by atoms with Gasteiger partial charge in [-0.25, -0.2) is 35.2 Å². The highest BCUT2D eigenvalue weighted by atomic mass is 32.2. The Morgan fingerprint density at radius 2 is 0.901 bits per heavy atom. The van der Waals surface area contributed by atoms with Crippen LogP contribution >= 0.6 is 0 Å². The molecular weight excluding hydrogens is 1470 g/mol. The van der Waals surface area contributed by atoms with Crippen molar-refractivity contribution in [3.63, 3.8) is 0 Å². The summed E-state index contributed by atoms with van der Waals surface area (Å²) in [5.74, 6) is -2.51. The van der Waals surface area contributed by atoms with Crippen molar-refractivity contribution in [1.82, 2.24) is 17.7 Å². The van der Waals surface area contributed by atoms with Crippen LogP contribution in [0.5, 0.6) is 11.5 Å². The standard InChI is InChI=1S/C41H47FN4O8S.C25H26FNO5.C16H23N3O4S/c1-52-38(48)25-46-36-23-28(41(49)53-2)11-14-33(36)39(27-8-5-4-6-9-27)40(46)32-15-13-31(24-34(32)42)54-26-29-22-30(45-17-7-10-37(45)47)12-16-35(29)43-18-20-44(21-19-43)55(3,50)51;1-31-22(29)14-27-21-12-16(25(30)32-2)8-10-19(21)23(15-6-4-3-5-7-15)24(27)18-11-9-17(28)13-20(18)26;1-24(22,23)18-9-7-17(8-10-18)15-5-4-14(11-13(15)12-20)19-6-2-3-16(19)21/h11-16,22-24,27H,4-10,17-21,25-26H2,1-3H3;8-13,15,28H,3-7,14H2,1-2H3;4-5,11,20H,2-3,6-10,12H2,1H3. The van der Waals surface area contributed by atoms with Crippen molar-refractivity contribution < 1.29 is 88.3 Å². The summed E-state index contributed by atoms with van der Waals surface area (Å²) in [4.78, 5) is 82.2. The van der Waals surface area contributed by atoms with Crippen LogP contribution < -0.4 is 24.3 Å². The first kappa shape index (κ1) is 80.6. The maximum atomic E-state index is 16.6. The molecule has 0 atom stereocenters. The number of carbonyl (C=O) groups excluding carboxylic acids is 6. The van der Waals surface area contributed by atoms with Gasteiger partial charge in [0.05, 0.1) is 81.1 Å². The topological polar surface area (TPSA) is 287 Å². The van der Waals surface area contributed by atoms with Crippen LogP contribution in [0.1, 0.15) is 145 Å². The number of aromatic nitrogens is 2. The Bertz CT molecular complexity index is 5060. The zero-order chi connectivity index (χ0) is 79.0. The average Bonchev–Trinajstić information content (AvgIpc) is 1.59. The number of fused-ring (bicyclic) bond motifs is 2. The molecule has 2 saturated carbocycles. The van der Waals surface area contributed by atoms with E-state index < -0.39 is 55.6 Å². The number of nitrogens with zero attached hydrogens (tertiary/aromatic N) is 8. The van der Waals surface area contributed by atoms with Crippen molar-refractivity contribution in [3.8, 4) is 34.0 Å². The van der Waals surface area contributed by atoms with Crippen molar-refractivity contribution in [1.29, 1.82) is 0 Å². The minimum Gasteiger partial charge on any atom is -0.508 e. The van der Waals surface area contributed by atoms with E-state index in [1.807, 2.05) is 48.5 Å². The molecule has 4 saturated heterocycles. The van der Waals surface area contributed by atoms with E-state index in [4.69, 9.17) is 23.7 Å². The van der Waals surface area contributed by atoms with Crippen molar-refractivity contribution in [2.24, 2.45) is 0 Å². The molecule has 2 aromatic heterocycles. The Balaban J connectivity index is 0.000000172. The van der Waals surface area contributed by atoms with E-state index >= 15 is 8.78 Å². The monoisotopic (exact) mass is 1570 g/mol. The number of piperazine rings is 2. The van der Waals surface area contributed by atoms with Gasteiger partial charge in [0, 0.05) is 146 Å². The van der Waals surface area contributed by atoms with Gasteiger partial charge in [0.15, 0.2) is 0 Å². The Hall–Kier alpha value is -9.94. The summed E-state index contributed by atoms with van der Waals surface area (Å²) in [5, 5.41) is 21.2. The highest BCUT2D eigenvalue weighted by Gasteiger charge is 2.35. The predicted molar refractivity (Wildman–Crippen MR) is 418 cm³/mol. The Morgan fingerprint density at radius 3 is 1.29 bits per heavy atom. The molecule has 14 rings (SSSR count). The number of rotatable bonds is 20. The van der Waals surface area contributed by atoms with Gasteiger partial charge in [-0.15, -0.1) is 0 Å². The van der Waals surface area contributed by atoms with Gasteiger partial charge in [0.2, 0.25) is 31.9 Å². The largest absolute Gasteiger partial charge is 0.508 e. The number of anilines is 4. The van der Waals surface area contributed by atoms with Gasteiger partial charge in [-0.05, 0) is 146 Å². The smallest absolute Gasteiger partial charge is 0.337 e. The van der Waals surface area contributed by atoms with Gasteiger partial charge in [-0.2, -0.15) is 8.61 Å². The van der Waals surface area contributed by atoms with Gasteiger partial charge < -0.3 is 62.6 Å². The number of ether oxygens (including phenoxy) is 5. The molecule has 2 amide bonds. The number of aromatic hydroxyl groups is 1. The number of carbonyl (C=O) groups is 6. The molecule has 6 fully saturated rings. The number of hydrogen-bond donors (Lipinski definition) is 2. The highest BCUT2D eigenvalue weighted by Crippen LogP contribution is 2.48. The minimum atomic E-state index is -3.31. The third kappa shape index (κ3) is 18.0. The third-order valence-corrected chi connectivity index (χ3v) is 24.7. The third-order valence-electron chi connectivity index (χ3n) is 22.1. The molecule has 2 N–H and O–H groups in total. The number of phenols is 1. The average molecular weight is 1570 g/mol. The molecule has 29 heteroatoms.